The maximum absolute atomic E-state index is 11.7. The molecule has 114 valence electrons. The Morgan fingerprint density at radius 2 is 2.00 bits per heavy atom. The summed E-state index contributed by atoms with van der Waals surface area (Å²) in [5.41, 5.74) is 0. The predicted molar refractivity (Wildman–Crippen MR) is 88.0 cm³/mol. The first-order chi connectivity index (χ1) is 10.2. The first-order valence-electron chi connectivity index (χ1n) is 7.24. The van der Waals surface area contributed by atoms with Crippen LogP contribution in [-0.2, 0) is 4.79 Å². The molecular formula is C14H21N5OS. The summed E-state index contributed by atoms with van der Waals surface area (Å²) in [5.74, 6) is 1.27. The van der Waals surface area contributed by atoms with Crippen molar-refractivity contribution in [1.82, 2.24) is 15.3 Å². The minimum atomic E-state index is -0.0260. The third kappa shape index (κ3) is 4.29. The minimum Gasteiger partial charge on any atom is -0.360 e. The number of nitrogens with zero attached hydrogens (tertiary/aromatic N) is 2. The van der Waals surface area contributed by atoms with Crippen LogP contribution in [0, 0.1) is 0 Å². The van der Waals surface area contributed by atoms with Crippen molar-refractivity contribution in [3.8, 4) is 0 Å². The highest BCUT2D eigenvalue weighted by Gasteiger charge is 2.09. The summed E-state index contributed by atoms with van der Waals surface area (Å²) in [7, 11) is 0. The Bertz CT molecular complexity index is 598. The van der Waals surface area contributed by atoms with Crippen LogP contribution >= 0.6 is 11.3 Å². The molecule has 0 aliphatic rings. The normalized spacial score (nSPS) is 10.6. The van der Waals surface area contributed by atoms with Gasteiger partial charge in [-0.05, 0) is 24.3 Å². The van der Waals surface area contributed by atoms with Gasteiger partial charge in [0.05, 0.1) is 11.9 Å². The Balaban J connectivity index is 2.09. The Hall–Kier alpha value is -1.89. The van der Waals surface area contributed by atoms with Crippen molar-refractivity contribution in [2.24, 2.45) is 0 Å². The zero-order chi connectivity index (χ0) is 15.1. The topological polar surface area (TPSA) is 78.9 Å². The van der Waals surface area contributed by atoms with Crippen LogP contribution in [0.1, 0.15) is 26.7 Å². The lowest BCUT2D eigenvalue weighted by atomic mass is 10.3. The van der Waals surface area contributed by atoms with Crippen LogP contribution in [-0.4, -0.2) is 35.5 Å². The van der Waals surface area contributed by atoms with Crippen molar-refractivity contribution in [2.75, 3.05) is 30.3 Å². The average molecular weight is 307 g/mol. The van der Waals surface area contributed by atoms with Gasteiger partial charge in [0, 0.05) is 13.1 Å². The van der Waals surface area contributed by atoms with Gasteiger partial charge in [-0.1, -0.05) is 13.8 Å². The van der Waals surface area contributed by atoms with Crippen molar-refractivity contribution in [1.29, 1.82) is 0 Å². The number of thiophene rings is 1. The van der Waals surface area contributed by atoms with Crippen LogP contribution in [0.15, 0.2) is 11.4 Å². The highest BCUT2D eigenvalue weighted by Crippen LogP contribution is 2.26. The van der Waals surface area contributed by atoms with Crippen LogP contribution in [0.2, 0.25) is 0 Å². The molecule has 6 nitrogen and oxygen atoms in total. The van der Waals surface area contributed by atoms with E-state index in [9.17, 15) is 4.79 Å². The van der Waals surface area contributed by atoms with Crippen molar-refractivity contribution in [3.05, 3.63) is 11.4 Å². The predicted octanol–water partition coefficient (Wildman–Crippen LogP) is 2.45. The lowest BCUT2D eigenvalue weighted by Gasteiger charge is -2.09. The third-order valence-electron chi connectivity index (χ3n) is 2.85. The molecular weight excluding hydrogens is 286 g/mol. The summed E-state index contributed by atoms with van der Waals surface area (Å²) in [6.45, 7) is 5.86. The zero-order valence-electron chi connectivity index (χ0n) is 12.4. The molecule has 0 radical (unpaired) electrons. The molecule has 2 aromatic heterocycles. The minimum absolute atomic E-state index is 0.0260. The molecule has 0 saturated heterocycles. The number of anilines is 2. The van der Waals surface area contributed by atoms with Gasteiger partial charge in [-0.15, -0.1) is 11.3 Å². The lowest BCUT2D eigenvalue weighted by Crippen LogP contribution is -2.30. The van der Waals surface area contributed by atoms with E-state index in [1.807, 2.05) is 18.4 Å². The fraction of sp³-hybridized carbons (Fsp3) is 0.500. The molecule has 0 fully saturated rings. The second-order valence-electron chi connectivity index (χ2n) is 4.67. The van der Waals surface area contributed by atoms with Crippen LogP contribution in [0.3, 0.4) is 0 Å². The highest BCUT2D eigenvalue weighted by molar-refractivity contribution is 7.16. The Morgan fingerprint density at radius 1 is 1.19 bits per heavy atom. The van der Waals surface area contributed by atoms with Crippen LogP contribution < -0.4 is 16.0 Å². The number of rotatable bonds is 8. The summed E-state index contributed by atoms with van der Waals surface area (Å²) in [4.78, 5) is 21.5. The van der Waals surface area contributed by atoms with Gasteiger partial charge in [0.2, 0.25) is 11.9 Å². The third-order valence-corrected chi connectivity index (χ3v) is 3.65. The molecule has 0 unspecified atom stereocenters. The van der Waals surface area contributed by atoms with Crippen molar-refractivity contribution in [3.63, 3.8) is 0 Å². The van der Waals surface area contributed by atoms with Gasteiger partial charge >= 0.3 is 0 Å². The quantitative estimate of drug-likeness (QED) is 0.698. The molecule has 0 aliphatic heterocycles. The number of amides is 1. The molecule has 0 saturated carbocycles. The number of hydrogen-bond donors (Lipinski definition) is 3. The number of fused-ring (bicyclic) bond motifs is 1. The summed E-state index contributed by atoms with van der Waals surface area (Å²) in [6, 6.07) is 1.97. The standard InChI is InChI=1S/C14H21N5OS/c1-3-6-15-11(20)9-17-12-10-5-8-21-13(10)19-14(18-12)16-7-4-2/h5,8H,3-4,6-7,9H2,1-2H3,(H,15,20)(H2,16,17,18,19). The summed E-state index contributed by atoms with van der Waals surface area (Å²) in [6.07, 6.45) is 1.94. The number of aromatic nitrogens is 2. The average Bonchev–Trinajstić information content (AvgIpc) is 2.96. The smallest absolute Gasteiger partial charge is 0.239 e. The van der Waals surface area contributed by atoms with Crippen molar-refractivity contribution >= 4 is 39.2 Å². The molecule has 0 aromatic carbocycles. The molecule has 0 atom stereocenters. The van der Waals surface area contributed by atoms with E-state index in [-0.39, 0.29) is 12.5 Å². The number of carbonyl (C=O) groups is 1. The maximum Gasteiger partial charge on any atom is 0.239 e. The fourth-order valence-corrected chi connectivity index (χ4v) is 2.56. The SMILES string of the molecule is CCCNC(=O)CNc1nc(NCCC)nc2sccc12. The van der Waals surface area contributed by atoms with Gasteiger partial charge in [0.1, 0.15) is 10.6 Å². The lowest BCUT2D eigenvalue weighted by molar-refractivity contribution is -0.119. The molecule has 1 amide bonds. The number of carbonyl (C=O) groups excluding carboxylic acids is 1. The van der Waals surface area contributed by atoms with Crippen molar-refractivity contribution in [2.45, 2.75) is 26.7 Å². The molecule has 7 heteroatoms. The second kappa shape index (κ2) is 7.78. The Kier molecular flexibility index (Phi) is 5.74. The molecule has 0 bridgehead atoms. The van der Waals surface area contributed by atoms with E-state index in [4.69, 9.17) is 0 Å². The van der Waals surface area contributed by atoms with E-state index in [0.717, 1.165) is 29.6 Å². The number of hydrogen-bond acceptors (Lipinski definition) is 6. The van der Waals surface area contributed by atoms with Gasteiger partial charge in [-0.2, -0.15) is 4.98 Å². The largest absolute Gasteiger partial charge is 0.360 e. The molecule has 21 heavy (non-hydrogen) atoms. The Morgan fingerprint density at radius 3 is 2.76 bits per heavy atom. The molecule has 0 aliphatic carbocycles. The zero-order valence-corrected chi connectivity index (χ0v) is 13.2. The van der Waals surface area contributed by atoms with Gasteiger partial charge < -0.3 is 16.0 Å². The molecule has 2 rings (SSSR count). The molecule has 0 spiro atoms. The van der Waals surface area contributed by atoms with Gasteiger partial charge in [-0.25, -0.2) is 4.98 Å². The van der Waals surface area contributed by atoms with Gasteiger partial charge in [-0.3, -0.25) is 4.79 Å². The van der Waals surface area contributed by atoms with E-state index < -0.39 is 0 Å². The van der Waals surface area contributed by atoms with Crippen LogP contribution in [0.4, 0.5) is 11.8 Å². The summed E-state index contributed by atoms with van der Waals surface area (Å²) in [5, 5.41) is 12.0. The molecule has 2 heterocycles. The van der Waals surface area contributed by atoms with E-state index in [2.05, 4.69) is 32.8 Å². The Labute approximate surface area is 128 Å². The highest BCUT2D eigenvalue weighted by atomic mass is 32.1. The number of nitrogens with one attached hydrogen (secondary N) is 3. The monoisotopic (exact) mass is 307 g/mol. The van der Waals surface area contributed by atoms with E-state index in [1.165, 1.54) is 0 Å². The van der Waals surface area contributed by atoms with Gasteiger partial charge in [0.25, 0.3) is 0 Å². The van der Waals surface area contributed by atoms with Crippen LogP contribution in [0.5, 0.6) is 0 Å². The van der Waals surface area contributed by atoms with Gasteiger partial charge in [0.15, 0.2) is 0 Å². The summed E-state index contributed by atoms with van der Waals surface area (Å²) < 4.78 is 0. The van der Waals surface area contributed by atoms with E-state index in [0.29, 0.717) is 18.3 Å². The van der Waals surface area contributed by atoms with E-state index in [1.54, 1.807) is 11.3 Å². The fourth-order valence-electron chi connectivity index (χ4n) is 1.80. The van der Waals surface area contributed by atoms with Crippen LogP contribution in [0.25, 0.3) is 10.2 Å². The molecule has 2 aromatic rings. The second-order valence-corrected chi connectivity index (χ2v) is 5.56. The van der Waals surface area contributed by atoms with Crippen molar-refractivity contribution < 1.29 is 4.79 Å². The first kappa shape index (κ1) is 15.5. The summed E-state index contributed by atoms with van der Waals surface area (Å²) >= 11 is 1.57. The van der Waals surface area contributed by atoms with E-state index >= 15 is 0 Å². The first-order valence-corrected chi connectivity index (χ1v) is 8.12. The maximum atomic E-state index is 11.7. The molecule has 3 N–H and O–H groups in total.